The van der Waals surface area contributed by atoms with Crippen molar-refractivity contribution in [3.63, 3.8) is 0 Å². The van der Waals surface area contributed by atoms with Crippen LogP contribution in [0.15, 0.2) is 146 Å². The molecule has 3 aliphatic heterocycles. The van der Waals surface area contributed by atoms with Gasteiger partial charge in [-0.1, -0.05) is 119 Å². The molecule has 6 aromatic carbocycles. The number of ether oxygens (including phenoxy) is 1. The van der Waals surface area contributed by atoms with Crippen molar-refractivity contribution in [2.75, 3.05) is 9.62 Å². The van der Waals surface area contributed by atoms with E-state index in [0.717, 1.165) is 56.5 Å². The van der Waals surface area contributed by atoms with Gasteiger partial charge in [0.2, 0.25) is 0 Å². The summed E-state index contributed by atoms with van der Waals surface area (Å²) >= 11 is 0. The number of hydrogen-bond acceptors (Lipinski definition) is 5. The Kier molecular flexibility index (Phi) is 6.87. The molecule has 0 atom stereocenters. The number of fused-ring (bicyclic) bond motifs is 11. The second-order valence-corrected chi connectivity index (χ2v) is 17.6. The van der Waals surface area contributed by atoms with Crippen LogP contribution in [0, 0.1) is 13.8 Å². The van der Waals surface area contributed by atoms with Crippen molar-refractivity contribution in [1.29, 1.82) is 0 Å². The van der Waals surface area contributed by atoms with Crippen LogP contribution < -0.4 is 19.8 Å². The largest absolute Gasteiger partial charge is 0.457 e. The maximum atomic E-state index is 6.92. The lowest BCUT2D eigenvalue weighted by atomic mass is 9.59. The van der Waals surface area contributed by atoms with Gasteiger partial charge in [0.1, 0.15) is 23.0 Å². The average molecular weight is 764 g/mol. The van der Waals surface area contributed by atoms with E-state index in [2.05, 4.69) is 189 Å². The molecular formula is C52H42BN5O. The van der Waals surface area contributed by atoms with Gasteiger partial charge in [-0.2, -0.15) is 0 Å². The third kappa shape index (κ3) is 4.47. The summed E-state index contributed by atoms with van der Waals surface area (Å²) in [6.45, 7) is 13.8. The number of imidazole rings is 1. The van der Waals surface area contributed by atoms with Crippen molar-refractivity contribution in [2.45, 2.75) is 52.4 Å². The molecule has 0 amide bonds. The first-order valence-corrected chi connectivity index (χ1v) is 20.6. The summed E-state index contributed by atoms with van der Waals surface area (Å²) in [6.07, 6.45) is 1.90. The lowest BCUT2D eigenvalue weighted by molar-refractivity contribution is 0.289. The Labute approximate surface area is 344 Å². The van der Waals surface area contributed by atoms with Crippen LogP contribution in [0.5, 0.6) is 11.5 Å². The average Bonchev–Trinajstić information content (AvgIpc) is 3.82. The monoisotopic (exact) mass is 763 g/mol. The van der Waals surface area contributed by atoms with Gasteiger partial charge in [-0.05, 0) is 89.4 Å². The Morgan fingerprint density at radius 3 is 2.17 bits per heavy atom. The van der Waals surface area contributed by atoms with E-state index in [-0.39, 0.29) is 17.8 Å². The zero-order valence-electron chi connectivity index (χ0n) is 34.1. The molecule has 284 valence electrons. The highest BCUT2D eigenvalue weighted by Crippen LogP contribution is 2.55. The Bertz CT molecular complexity index is 3240. The van der Waals surface area contributed by atoms with Crippen molar-refractivity contribution in [2.24, 2.45) is 0 Å². The van der Waals surface area contributed by atoms with Crippen LogP contribution in [0.1, 0.15) is 50.1 Å². The van der Waals surface area contributed by atoms with Crippen LogP contribution in [0.4, 0.5) is 22.9 Å². The fourth-order valence-corrected chi connectivity index (χ4v) is 10.5. The van der Waals surface area contributed by atoms with Gasteiger partial charge in [-0.25, -0.2) is 9.97 Å². The normalized spacial score (nSPS) is 15.5. The summed E-state index contributed by atoms with van der Waals surface area (Å²) < 4.78 is 9.38. The van der Waals surface area contributed by atoms with Gasteiger partial charge in [0.25, 0.3) is 0 Å². The number of rotatable bonds is 4. The molecule has 6 heterocycles. The van der Waals surface area contributed by atoms with Crippen LogP contribution in [0.3, 0.4) is 0 Å². The smallest absolute Gasteiger partial charge is 0.422 e. The lowest BCUT2D eigenvalue weighted by Crippen LogP contribution is -2.56. The number of hydrogen-bond donors (Lipinski definition) is 0. The molecule has 59 heavy (non-hydrogen) atoms. The Morgan fingerprint density at radius 1 is 0.593 bits per heavy atom. The van der Waals surface area contributed by atoms with E-state index >= 15 is 0 Å². The first-order chi connectivity index (χ1) is 28.6. The fraction of sp³-hybridized carbons (Fsp3) is 0.154. The molecule has 0 saturated heterocycles. The number of anilines is 4. The Hall–Kier alpha value is -6.86. The zero-order valence-corrected chi connectivity index (χ0v) is 34.1. The van der Waals surface area contributed by atoms with Crippen LogP contribution >= 0.6 is 0 Å². The first-order valence-electron chi connectivity index (χ1n) is 20.6. The molecule has 6 nitrogen and oxygen atoms in total. The van der Waals surface area contributed by atoms with Crippen LogP contribution in [-0.2, 0) is 10.8 Å². The van der Waals surface area contributed by atoms with Gasteiger partial charge in [0.05, 0.1) is 22.6 Å². The van der Waals surface area contributed by atoms with E-state index in [1.165, 1.54) is 55.4 Å². The van der Waals surface area contributed by atoms with Gasteiger partial charge < -0.3 is 14.4 Å². The predicted molar refractivity (Wildman–Crippen MR) is 243 cm³/mol. The molecule has 0 spiro atoms. The van der Waals surface area contributed by atoms with E-state index in [1.807, 2.05) is 12.3 Å². The van der Waals surface area contributed by atoms with Crippen LogP contribution in [-0.4, -0.2) is 21.4 Å². The maximum absolute atomic E-state index is 6.92. The molecule has 0 unspecified atom stereocenters. The summed E-state index contributed by atoms with van der Waals surface area (Å²) in [5, 5.41) is 3.47. The van der Waals surface area contributed by atoms with Gasteiger partial charge >= 0.3 is 6.98 Å². The number of aromatic nitrogens is 3. The van der Waals surface area contributed by atoms with Gasteiger partial charge in [0, 0.05) is 56.4 Å². The van der Waals surface area contributed by atoms with Crippen molar-refractivity contribution in [3.8, 4) is 33.9 Å². The Morgan fingerprint density at radius 2 is 1.34 bits per heavy atom. The summed E-state index contributed by atoms with van der Waals surface area (Å²) in [5.74, 6) is 2.47. The van der Waals surface area contributed by atoms with E-state index in [4.69, 9.17) is 14.7 Å². The topological polar surface area (TPSA) is 45.9 Å². The molecule has 12 rings (SSSR count). The van der Waals surface area contributed by atoms with E-state index in [1.54, 1.807) is 0 Å². The minimum Gasteiger partial charge on any atom is -0.457 e. The van der Waals surface area contributed by atoms with Crippen LogP contribution in [0.2, 0.25) is 0 Å². The SMILES string of the molecule is Cc1cccc(C)c1N1B2c3ccccc3-c3ccc(Oc4ccc5c(c4)c4nc(-c6ccccc6)c6n4c4c(cccc54)C(C)(C)C6(C)C)cc3N2c2ncccc21. The maximum Gasteiger partial charge on any atom is 0.422 e. The standard InChI is InChI=1S/C52H42BN5O/c1-31-15-12-16-32(2)46(31)57-43-23-14-28-54-50(43)58-44-30-35(25-27-38(44)37-19-10-11-22-42(37)53(57)58)59-34-24-26-36-39-20-13-21-41-47(39)56-48(52(5,6)51(41,3)4)45(33-17-8-7-9-18-33)55-49(56)40(36)29-34/h7-30H,1-6H3. The third-order valence-electron chi connectivity index (χ3n) is 14.0. The molecular weight excluding hydrogens is 721 g/mol. The lowest BCUT2D eigenvalue weighted by Gasteiger charge is -2.46. The summed E-state index contributed by atoms with van der Waals surface area (Å²) in [4.78, 5) is 15.5. The third-order valence-corrected chi connectivity index (χ3v) is 14.0. The Balaban J connectivity index is 1.04. The highest BCUT2D eigenvalue weighted by Gasteiger charge is 2.50. The molecule has 0 N–H and O–H groups in total. The number of para-hydroxylation sites is 2. The quantitative estimate of drug-likeness (QED) is 0.132. The molecule has 3 aliphatic rings. The summed E-state index contributed by atoms with van der Waals surface area (Å²) in [6, 6.07) is 50.1. The molecule has 0 saturated carbocycles. The zero-order chi connectivity index (χ0) is 39.9. The highest BCUT2D eigenvalue weighted by molar-refractivity contribution is 6.86. The second-order valence-electron chi connectivity index (χ2n) is 17.6. The first kappa shape index (κ1) is 34.2. The number of benzene rings is 6. The number of nitrogens with zero attached hydrogens (tertiary/aromatic N) is 5. The second kappa shape index (κ2) is 11.9. The summed E-state index contributed by atoms with van der Waals surface area (Å²) in [7, 11) is 0. The van der Waals surface area contributed by atoms with E-state index < -0.39 is 0 Å². The number of pyridine rings is 2. The number of aryl methyl sites for hydroxylation is 2. The predicted octanol–water partition coefficient (Wildman–Crippen LogP) is 12.3. The van der Waals surface area contributed by atoms with E-state index in [9.17, 15) is 0 Å². The molecule has 0 aliphatic carbocycles. The van der Waals surface area contributed by atoms with Crippen LogP contribution in [0.25, 0.3) is 49.7 Å². The molecule has 0 fully saturated rings. The van der Waals surface area contributed by atoms with Gasteiger partial charge in [-0.3, -0.25) is 4.40 Å². The molecule has 0 radical (unpaired) electrons. The van der Waals surface area contributed by atoms with Crippen molar-refractivity contribution >= 4 is 62.6 Å². The molecule has 7 heteroatoms. The van der Waals surface area contributed by atoms with Crippen molar-refractivity contribution in [3.05, 3.63) is 168 Å². The summed E-state index contributed by atoms with van der Waals surface area (Å²) in [5.41, 5.74) is 16.1. The molecule has 0 bridgehead atoms. The van der Waals surface area contributed by atoms with Crippen molar-refractivity contribution < 1.29 is 4.74 Å². The molecule has 9 aromatic rings. The molecule has 3 aromatic heterocycles. The highest BCUT2D eigenvalue weighted by atomic mass is 16.5. The van der Waals surface area contributed by atoms with Gasteiger partial charge in [0.15, 0.2) is 0 Å². The fourth-order valence-electron chi connectivity index (χ4n) is 10.5. The van der Waals surface area contributed by atoms with E-state index in [0.29, 0.717) is 0 Å². The minimum absolute atomic E-state index is 0.119. The minimum atomic E-state index is -0.212. The van der Waals surface area contributed by atoms with Gasteiger partial charge in [-0.15, -0.1) is 0 Å². The van der Waals surface area contributed by atoms with Crippen molar-refractivity contribution in [1.82, 2.24) is 14.4 Å².